The van der Waals surface area contributed by atoms with Crippen molar-refractivity contribution >= 4 is 11.6 Å². The smallest absolute Gasteiger partial charge is 0.196 e. The summed E-state index contributed by atoms with van der Waals surface area (Å²) in [4.78, 5) is 4.66. The summed E-state index contributed by atoms with van der Waals surface area (Å²) in [5.41, 5.74) is 1.95. The number of ether oxygens (including phenoxy) is 3. The minimum Gasteiger partial charge on any atom is -0.496 e. The van der Waals surface area contributed by atoms with Crippen LogP contribution in [0.2, 0.25) is 0 Å². The summed E-state index contributed by atoms with van der Waals surface area (Å²) in [6.07, 6.45) is 0.858. The SMILES string of the molecule is CCNC(=NCc1ccccc1OC)Nc1cccc(OCCCOC)c1. The second-order valence-corrected chi connectivity index (χ2v) is 5.85. The van der Waals surface area contributed by atoms with Crippen LogP contribution in [-0.4, -0.2) is 39.9 Å². The van der Waals surface area contributed by atoms with Crippen LogP contribution >= 0.6 is 0 Å². The highest BCUT2D eigenvalue weighted by Gasteiger charge is 2.04. The fraction of sp³-hybridized carbons (Fsp3) is 0.381. The average Bonchev–Trinajstić information content (AvgIpc) is 2.70. The zero-order valence-electron chi connectivity index (χ0n) is 16.3. The van der Waals surface area contributed by atoms with Crippen molar-refractivity contribution in [2.75, 3.05) is 39.3 Å². The van der Waals surface area contributed by atoms with Gasteiger partial charge in [-0.2, -0.15) is 0 Å². The highest BCUT2D eigenvalue weighted by Crippen LogP contribution is 2.19. The number of hydrogen-bond acceptors (Lipinski definition) is 4. The normalized spacial score (nSPS) is 11.1. The Morgan fingerprint density at radius 2 is 1.89 bits per heavy atom. The molecule has 0 amide bonds. The molecular formula is C21H29N3O3. The number of methoxy groups -OCH3 is 2. The Balaban J connectivity index is 2.02. The van der Waals surface area contributed by atoms with E-state index in [2.05, 4.69) is 15.6 Å². The molecule has 0 aromatic heterocycles. The number of guanidine groups is 1. The number of hydrogen-bond donors (Lipinski definition) is 2. The lowest BCUT2D eigenvalue weighted by molar-refractivity contribution is 0.172. The third kappa shape index (κ3) is 7.19. The summed E-state index contributed by atoms with van der Waals surface area (Å²) in [7, 11) is 3.36. The van der Waals surface area contributed by atoms with Gasteiger partial charge in [0, 0.05) is 44.0 Å². The largest absolute Gasteiger partial charge is 0.496 e. The summed E-state index contributed by atoms with van der Waals surface area (Å²) >= 11 is 0. The summed E-state index contributed by atoms with van der Waals surface area (Å²) < 4.78 is 16.2. The van der Waals surface area contributed by atoms with Gasteiger partial charge < -0.3 is 24.8 Å². The minimum atomic E-state index is 0.520. The topological polar surface area (TPSA) is 64.1 Å². The highest BCUT2D eigenvalue weighted by molar-refractivity contribution is 5.93. The Hall–Kier alpha value is -2.73. The summed E-state index contributed by atoms with van der Waals surface area (Å²) in [5, 5.41) is 6.58. The standard InChI is InChI=1S/C21H29N3O3/c1-4-22-21(23-16-17-9-5-6-12-20(17)26-3)24-18-10-7-11-19(15-18)27-14-8-13-25-2/h5-7,9-12,15H,4,8,13-14,16H2,1-3H3,(H2,22,23,24). The predicted octanol–water partition coefficient (Wildman–Crippen LogP) is 3.69. The molecule has 2 aromatic rings. The first-order valence-corrected chi connectivity index (χ1v) is 9.15. The van der Waals surface area contributed by atoms with E-state index in [1.807, 2.05) is 55.5 Å². The van der Waals surface area contributed by atoms with E-state index in [0.29, 0.717) is 25.7 Å². The van der Waals surface area contributed by atoms with Gasteiger partial charge in [0.2, 0.25) is 0 Å². The third-order valence-corrected chi connectivity index (χ3v) is 3.80. The molecule has 0 saturated carbocycles. The van der Waals surface area contributed by atoms with E-state index in [1.165, 1.54) is 0 Å². The second-order valence-electron chi connectivity index (χ2n) is 5.85. The minimum absolute atomic E-state index is 0.520. The summed E-state index contributed by atoms with van der Waals surface area (Å²) in [6.45, 7) is 4.64. The number of aliphatic imine (C=N–C) groups is 1. The van der Waals surface area contributed by atoms with E-state index < -0.39 is 0 Å². The summed E-state index contributed by atoms with van der Waals surface area (Å²) in [6, 6.07) is 15.7. The molecule has 0 atom stereocenters. The van der Waals surface area contributed by atoms with Gasteiger partial charge in [-0.25, -0.2) is 4.99 Å². The maximum atomic E-state index is 5.75. The van der Waals surface area contributed by atoms with Crippen molar-refractivity contribution in [3.05, 3.63) is 54.1 Å². The van der Waals surface area contributed by atoms with E-state index in [9.17, 15) is 0 Å². The highest BCUT2D eigenvalue weighted by atomic mass is 16.5. The van der Waals surface area contributed by atoms with Crippen LogP contribution in [0.4, 0.5) is 5.69 Å². The fourth-order valence-corrected chi connectivity index (χ4v) is 2.50. The van der Waals surface area contributed by atoms with E-state index in [-0.39, 0.29) is 0 Å². The molecule has 146 valence electrons. The lowest BCUT2D eigenvalue weighted by atomic mass is 10.2. The van der Waals surface area contributed by atoms with Crippen LogP contribution < -0.4 is 20.1 Å². The molecule has 2 rings (SSSR count). The third-order valence-electron chi connectivity index (χ3n) is 3.80. The Morgan fingerprint density at radius 1 is 1.04 bits per heavy atom. The van der Waals surface area contributed by atoms with Gasteiger partial charge in [0.15, 0.2) is 5.96 Å². The van der Waals surface area contributed by atoms with Gasteiger partial charge in [-0.3, -0.25) is 0 Å². The molecule has 0 saturated heterocycles. The van der Waals surface area contributed by atoms with Crippen LogP contribution in [0.5, 0.6) is 11.5 Å². The monoisotopic (exact) mass is 371 g/mol. The molecule has 0 spiro atoms. The molecule has 0 unspecified atom stereocenters. The quantitative estimate of drug-likeness (QED) is 0.379. The van der Waals surface area contributed by atoms with Crippen LogP contribution in [0.15, 0.2) is 53.5 Å². The van der Waals surface area contributed by atoms with Crippen LogP contribution in [0, 0.1) is 0 Å². The molecule has 0 fully saturated rings. The molecule has 2 aromatic carbocycles. The predicted molar refractivity (Wildman–Crippen MR) is 110 cm³/mol. The molecule has 0 bridgehead atoms. The molecule has 0 heterocycles. The van der Waals surface area contributed by atoms with Gasteiger partial charge in [-0.05, 0) is 25.1 Å². The average molecular weight is 371 g/mol. The van der Waals surface area contributed by atoms with Crippen molar-refractivity contribution in [1.82, 2.24) is 5.32 Å². The van der Waals surface area contributed by atoms with Gasteiger partial charge in [-0.1, -0.05) is 24.3 Å². The van der Waals surface area contributed by atoms with E-state index >= 15 is 0 Å². The zero-order chi connectivity index (χ0) is 19.3. The van der Waals surface area contributed by atoms with E-state index in [0.717, 1.165) is 35.7 Å². The van der Waals surface area contributed by atoms with Crippen molar-refractivity contribution in [2.45, 2.75) is 19.9 Å². The summed E-state index contributed by atoms with van der Waals surface area (Å²) in [5.74, 6) is 2.36. The van der Waals surface area contributed by atoms with Crippen LogP contribution in [-0.2, 0) is 11.3 Å². The van der Waals surface area contributed by atoms with Gasteiger partial charge in [-0.15, -0.1) is 0 Å². The molecule has 6 nitrogen and oxygen atoms in total. The first kappa shape index (κ1) is 20.6. The first-order chi connectivity index (χ1) is 13.3. The molecule has 0 aliphatic carbocycles. The lowest BCUT2D eigenvalue weighted by Gasteiger charge is -2.13. The van der Waals surface area contributed by atoms with Gasteiger partial charge in [0.25, 0.3) is 0 Å². The first-order valence-electron chi connectivity index (χ1n) is 9.15. The zero-order valence-corrected chi connectivity index (χ0v) is 16.3. The fourth-order valence-electron chi connectivity index (χ4n) is 2.50. The molecular weight excluding hydrogens is 342 g/mol. The van der Waals surface area contributed by atoms with Crippen LogP contribution in [0.1, 0.15) is 18.9 Å². The molecule has 27 heavy (non-hydrogen) atoms. The lowest BCUT2D eigenvalue weighted by Crippen LogP contribution is -2.30. The number of nitrogens with zero attached hydrogens (tertiary/aromatic N) is 1. The number of anilines is 1. The number of benzene rings is 2. The van der Waals surface area contributed by atoms with Crippen molar-refractivity contribution in [3.8, 4) is 11.5 Å². The van der Waals surface area contributed by atoms with E-state index in [1.54, 1.807) is 14.2 Å². The Kier molecular flexibility index (Phi) is 9.00. The molecule has 2 N–H and O–H groups in total. The van der Waals surface area contributed by atoms with Crippen LogP contribution in [0.25, 0.3) is 0 Å². The Bertz CT molecular complexity index is 719. The number of para-hydroxylation sites is 1. The van der Waals surface area contributed by atoms with Crippen molar-refractivity contribution in [2.24, 2.45) is 4.99 Å². The molecule has 0 aliphatic heterocycles. The molecule has 0 radical (unpaired) electrons. The maximum absolute atomic E-state index is 5.75. The van der Waals surface area contributed by atoms with Crippen molar-refractivity contribution in [3.63, 3.8) is 0 Å². The maximum Gasteiger partial charge on any atom is 0.196 e. The molecule has 0 aliphatic rings. The Labute approximate surface area is 161 Å². The van der Waals surface area contributed by atoms with Gasteiger partial charge in [0.1, 0.15) is 11.5 Å². The molecule has 6 heteroatoms. The number of nitrogens with one attached hydrogen (secondary N) is 2. The Morgan fingerprint density at radius 3 is 2.67 bits per heavy atom. The van der Waals surface area contributed by atoms with Gasteiger partial charge >= 0.3 is 0 Å². The second kappa shape index (κ2) is 11.8. The van der Waals surface area contributed by atoms with Crippen LogP contribution in [0.3, 0.4) is 0 Å². The van der Waals surface area contributed by atoms with Crippen molar-refractivity contribution in [1.29, 1.82) is 0 Å². The van der Waals surface area contributed by atoms with Gasteiger partial charge in [0.05, 0.1) is 20.3 Å². The van der Waals surface area contributed by atoms with Crippen molar-refractivity contribution < 1.29 is 14.2 Å². The number of rotatable bonds is 10. The van der Waals surface area contributed by atoms with E-state index in [4.69, 9.17) is 14.2 Å².